The van der Waals surface area contributed by atoms with Gasteiger partial charge in [0.15, 0.2) is 0 Å². The lowest BCUT2D eigenvalue weighted by Gasteiger charge is -2.31. The number of aryl methyl sites for hydroxylation is 1. The Hall–Kier alpha value is -1.69. The Morgan fingerprint density at radius 1 is 1.11 bits per heavy atom. The molecule has 0 N–H and O–H groups in total. The van der Waals surface area contributed by atoms with E-state index in [0.717, 1.165) is 88.7 Å². The molecule has 148 valence electrons. The van der Waals surface area contributed by atoms with Gasteiger partial charge in [0.05, 0.1) is 12.2 Å². The van der Waals surface area contributed by atoms with Gasteiger partial charge in [-0.15, -0.1) is 0 Å². The summed E-state index contributed by atoms with van der Waals surface area (Å²) in [6, 6.07) is 1.75. The van der Waals surface area contributed by atoms with Crippen molar-refractivity contribution >= 4 is 5.91 Å². The highest BCUT2D eigenvalue weighted by Crippen LogP contribution is 2.26. The molecule has 1 aromatic rings. The zero-order valence-electron chi connectivity index (χ0n) is 16.5. The van der Waals surface area contributed by atoms with Gasteiger partial charge in [-0.1, -0.05) is 13.3 Å². The zero-order valence-corrected chi connectivity index (χ0v) is 16.5. The zero-order chi connectivity index (χ0) is 18.8. The van der Waals surface area contributed by atoms with Crippen molar-refractivity contribution in [2.24, 2.45) is 5.92 Å². The summed E-state index contributed by atoms with van der Waals surface area (Å²) < 4.78 is 1.87. The summed E-state index contributed by atoms with van der Waals surface area (Å²) in [4.78, 5) is 34.3. The van der Waals surface area contributed by atoms with Crippen molar-refractivity contribution < 1.29 is 4.79 Å². The molecule has 6 heteroatoms. The van der Waals surface area contributed by atoms with Crippen molar-refractivity contribution in [3.8, 4) is 0 Å². The Morgan fingerprint density at radius 2 is 1.93 bits per heavy atom. The minimum absolute atomic E-state index is 0.105. The second kappa shape index (κ2) is 8.13. The van der Waals surface area contributed by atoms with E-state index in [9.17, 15) is 9.59 Å². The molecule has 1 atom stereocenters. The van der Waals surface area contributed by atoms with Crippen molar-refractivity contribution in [2.75, 3.05) is 32.7 Å². The van der Waals surface area contributed by atoms with Gasteiger partial charge in [-0.05, 0) is 44.6 Å². The molecule has 2 saturated heterocycles. The van der Waals surface area contributed by atoms with Gasteiger partial charge in [0, 0.05) is 44.6 Å². The molecule has 4 rings (SSSR count). The van der Waals surface area contributed by atoms with E-state index in [4.69, 9.17) is 4.98 Å². The van der Waals surface area contributed by atoms with Crippen LogP contribution in [0.25, 0.3) is 0 Å². The molecular weight excluding hydrogens is 340 g/mol. The molecule has 0 spiro atoms. The first-order chi connectivity index (χ1) is 13.1. The molecular formula is C21H32N4O2. The number of carbonyl (C=O) groups excluding carboxylic acids is 1. The number of rotatable bonds is 3. The Morgan fingerprint density at radius 3 is 2.74 bits per heavy atom. The van der Waals surface area contributed by atoms with Gasteiger partial charge in [0.1, 0.15) is 5.82 Å². The largest absolute Gasteiger partial charge is 0.342 e. The van der Waals surface area contributed by atoms with Crippen molar-refractivity contribution in [1.29, 1.82) is 0 Å². The fraction of sp³-hybridized carbons (Fsp3) is 0.762. The third-order valence-electron chi connectivity index (χ3n) is 6.58. The fourth-order valence-electron chi connectivity index (χ4n) is 4.71. The molecule has 27 heavy (non-hydrogen) atoms. The van der Waals surface area contributed by atoms with Crippen LogP contribution in [-0.2, 0) is 17.8 Å². The van der Waals surface area contributed by atoms with Crippen LogP contribution in [0.4, 0.5) is 0 Å². The van der Waals surface area contributed by atoms with Crippen LogP contribution in [0, 0.1) is 5.92 Å². The van der Waals surface area contributed by atoms with Gasteiger partial charge in [-0.25, -0.2) is 4.98 Å². The van der Waals surface area contributed by atoms with Crippen molar-refractivity contribution in [3.05, 3.63) is 27.9 Å². The maximum atomic E-state index is 12.6. The molecule has 0 saturated carbocycles. The molecule has 0 radical (unpaired) electrons. The number of nitrogens with zero attached hydrogens (tertiary/aromatic N) is 4. The molecule has 3 aliphatic rings. The highest BCUT2D eigenvalue weighted by atomic mass is 16.2. The number of piperidine rings is 1. The van der Waals surface area contributed by atoms with Crippen molar-refractivity contribution in [2.45, 2.75) is 64.3 Å². The fourth-order valence-corrected chi connectivity index (χ4v) is 4.71. The van der Waals surface area contributed by atoms with E-state index in [1.54, 1.807) is 6.07 Å². The molecule has 0 aromatic carbocycles. The average Bonchev–Trinajstić information content (AvgIpc) is 2.98. The smallest absolute Gasteiger partial charge is 0.253 e. The summed E-state index contributed by atoms with van der Waals surface area (Å²) in [6.07, 6.45) is 7.51. The average molecular weight is 373 g/mol. The van der Waals surface area contributed by atoms with Crippen LogP contribution in [0.2, 0.25) is 0 Å². The molecule has 4 heterocycles. The summed E-state index contributed by atoms with van der Waals surface area (Å²) >= 11 is 0. The Labute approximate surface area is 161 Å². The van der Waals surface area contributed by atoms with Gasteiger partial charge in [0.25, 0.3) is 5.56 Å². The highest BCUT2D eigenvalue weighted by molar-refractivity contribution is 5.78. The highest BCUT2D eigenvalue weighted by Gasteiger charge is 2.29. The number of hydrogen-bond donors (Lipinski definition) is 0. The van der Waals surface area contributed by atoms with Crippen LogP contribution >= 0.6 is 0 Å². The summed E-state index contributed by atoms with van der Waals surface area (Å²) in [5.74, 6) is 2.24. The minimum Gasteiger partial charge on any atom is -0.342 e. The van der Waals surface area contributed by atoms with Crippen LogP contribution in [0.15, 0.2) is 10.9 Å². The third kappa shape index (κ3) is 4.26. The monoisotopic (exact) mass is 372 g/mol. The van der Waals surface area contributed by atoms with E-state index in [0.29, 0.717) is 6.54 Å². The predicted octanol–water partition coefficient (Wildman–Crippen LogP) is 2.02. The van der Waals surface area contributed by atoms with Gasteiger partial charge in [0.2, 0.25) is 5.91 Å². The topological polar surface area (TPSA) is 58.4 Å². The number of carbonyl (C=O) groups is 1. The Bertz CT molecular complexity index is 736. The number of fused-ring (bicyclic) bond motifs is 1. The second-order valence-electron chi connectivity index (χ2n) is 8.68. The Balaban J connectivity index is 1.38. The SMILES string of the molecule is CC1CCN(C(=O)CN2CC[C@@H](c3cc(=O)n4c(n3)CCCCC4)C2)CC1. The van der Waals surface area contributed by atoms with Crippen molar-refractivity contribution in [3.63, 3.8) is 0 Å². The van der Waals surface area contributed by atoms with E-state index in [2.05, 4.69) is 11.8 Å². The number of hydrogen-bond acceptors (Lipinski definition) is 4. The number of amides is 1. The van der Waals surface area contributed by atoms with Crippen LogP contribution in [0.1, 0.15) is 62.9 Å². The standard InChI is InChI=1S/C21H32N4O2/c1-16-6-11-24(12-7-16)21(27)15-23-10-8-17(14-23)18-13-20(26)25-9-4-2-3-5-19(25)22-18/h13,16-17H,2-12,14-15H2,1H3/t17-/m1/s1. The summed E-state index contributed by atoms with van der Waals surface area (Å²) in [5.41, 5.74) is 1.05. The van der Waals surface area contributed by atoms with Crippen LogP contribution in [-0.4, -0.2) is 58.0 Å². The second-order valence-corrected chi connectivity index (χ2v) is 8.68. The first-order valence-corrected chi connectivity index (χ1v) is 10.7. The van der Waals surface area contributed by atoms with Crippen molar-refractivity contribution in [1.82, 2.24) is 19.4 Å². The van der Waals surface area contributed by atoms with E-state index >= 15 is 0 Å². The van der Waals surface area contributed by atoms with E-state index < -0.39 is 0 Å². The minimum atomic E-state index is 0.105. The predicted molar refractivity (Wildman–Crippen MR) is 105 cm³/mol. The van der Waals surface area contributed by atoms with Gasteiger partial charge < -0.3 is 4.90 Å². The Kier molecular flexibility index (Phi) is 5.62. The van der Waals surface area contributed by atoms with Crippen LogP contribution in [0.3, 0.4) is 0 Å². The molecule has 1 aromatic heterocycles. The normalized spacial score (nSPS) is 24.6. The van der Waals surface area contributed by atoms with E-state index in [1.165, 1.54) is 6.42 Å². The maximum Gasteiger partial charge on any atom is 0.253 e. The molecule has 1 amide bonds. The molecule has 0 aliphatic carbocycles. The van der Waals surface area contributed by atoms with Gasteiger partial charge in [-0.2, -0.15) is 0 Å². The molecule has 2 fully saturated rings. The summed E-state index contributed by atoms with van der Waals surface area (Å²) in [6.45, 7) is 7.15. The molecule has 0 bridgehead atoms. The molecule has 3 aliphatic heterocycles. The first kappa shape index (κ1) is 18.7. The third-order valence-corrected chi connectivity index (χ3v) is 6.58. The number of likely N-dealkylation sites (tertiary alicyclic amines) is 2. The number of aromatic nitrogens is 2. The van der Waals surface area contributed by atoms with E-state index in [1.807, 2.05) is 9.47 Å². The lowest BCUT2D eigenvalue weighted by atomic mass is 9.99. The van der Waals surface area contributed by atoms with Crippen LogP contribution in [0.5, 0.6) is 0 Å². The maximum absolute atomic E-state index is 12.6. The van der Waals surface area contributed by atoms with Crippen LogP contribution < -0.4 is 5.56 Å². The van der Waals surface area contributed by atoms with Gasteiger partial charge >= 0.3 is 0 Å². The van der Waals surface area contributed by atoms with Gasteiger partial charge in [-0.3, -0.25) is 19.1 Å². The molecule has 6 nitrogen and oxygen atoms in total. The summed E-state index contributed by atoms with van der Waals surface area (Å²) in [7, 11) is 0. The lowest BCUT2D eigenvalue weighted by Crippen LogP contribution is -2.43. The lowest BCUT2D eigenvalue weighted by molar-refractivity contribution is -0.133. The quantitative estimate of drug-likeness (QED) is 0.814. The summed E-state index contributed by atoms with van der Waals surface area (Å²) in [5, 5.41) is 0. The van der Waals surface area contributed by atoms with E-state index in [-0.39, 0.29) is 17.4 Å². The first-order valence-electron chi connectivity index (χ1n) is 10.7. The molecule has 0 unspecified atom stereocenters.